The number of aryl methyl sites for hydroxylation is 2. The number of para-hydroxylation sites is 1. The second kappa shape index (κ2) is 6.93. The van der Waals surface area contributed by atoms with Crippen LogP contribution in [-0.4, -0.2) is 5.91 Å². The molecule has 1 N–H and O–H groups in total. The van der Waals surface area contributed by atoms with Gasteiger partial charge < -0.3 is 5.32 Å². The summed E-state index contributed by atoms with van der Waals surface area (Å²) >= 11 is 4.89. The van der Waals surface area contributed by atoms with Crippen LogP contribution in [0, 0.1) is 11.6 Å². The molecule has 0 saturated heterocycles. The molecule has 26 heavy (non-hydrogen) atoms. The summed E-state index contributed by atoms with van der Waals surface area (Å²) in [5, 5.41) is 2.37. The number of benzene rings is 2. The molecule has 0 radical (unpaired) electrons. The van der Waals surface area contributed by atoms with Crippen LogP contribution >= 0.6 is 27.3 Å². The summed E-state index contributed by atoms with van der Waals surface area (Å²) < 4.78 is 28.6. The average Bonchev–Trinajstić information content (AvgIpc) is 2.96. The highest BCUT2D eigenvalue weighted by atomic mass is 79.9. The Labute approximate surface area is 162 Å². The molecule has 1 aliphatic rings. The number of carbonyl (C=O) groups excluding carboxylic acids is 1. The van der Waals surface area contributed by atoms with Gasteiger partial charge in [-0.1, -0.05) is 28.1 Å². The number of rotatable bonds is 2. The summed E-state index contributed by atoms with van der Waals surface area (Å²) in [6, 6.07) is 11.5. The van der Waals surface area contributed by atoms with E-state index in [4.69, 9.17) is 0 Å². The maximum Gasteiger partial charge on any atom is 0.265 e. The molecule has 132 valence electrons. The number of hydrogen-bond donors (Lipinski definition) is 1. The lowest BCUT2D eigenvalue weighted by atomic mass is 10.0. The zero-order valence-electron chi connectivity index (χ0n) is 13.6. The van der Waals surface area contributed by atoms with Crippen LogP contribution in [-0.2, 0) is 12.8 Å². The molecule has 0 aliphatic heterocycles. The first-order valence-corrected chi connectivity index (χ1v) is 9.81. The molecule has 0 unspecified atom stereocenters. The minimum Gasteiger partial charge on any atom is -0.316 e. The normalized spacial score (nSPS) is 12.9. The predicted molar refractivity (Wildman–Crippen MR) is 104 cm³/mol. The largest absolute Gasteiger partial charge is 0.316 e. The highest BCUT2D eigenvalue weighted by Gasteiger charge is 2.21. The lowest BCUT2D eigenvalue weighted by molar-refractivity contribution is 0.102. The second-order valence-corrected chi connectivity index (χ2v) is 8.21. The molecule has 1 aliphatic carbocycles. The van der Waals surface area contributed by atoms with Gasteiger partial charge in [-0.3, -0.25) is 4.79 Å². The van der Waals surface area contributed by atoms with E-state index in [1.807, 2.05) is 12.1 Å². The van der Waals surface area contributed by atoms with Crippen molar-refractivity contribution >= 4 is 38.9 Å². The van der Waals surface area contributed by atoms with Crippen LogP contribution in [0.4, 0.5) is 14.5 Å². The zero-order chi connectivity index (χ0) is 18.3. The third-order valence-corrected chi connectivity index (χ3v) is 6.13. The van der Waals surface area contributed by atoms with Crippen LogP contribution < -0.4 is 5.32 Å². The Morgan fingerprint density at radius 2 is 1.81 bits per heavy atom. The molecule has 0 fully saturated rings. The lowest BCUT2D eigenvalue weighted by Crippen LogP contribution is -2.12. The Bertz CT molecular complexity index is 995. The van der Waals surface area contributed by atoms with Crippen molar-refractivity contribution in [2.75, 3.05) is 5.32 Å². The number of halogens is 3. The number of fused-ring (bicyclic) bond motifs is 3. The second-order valence-electron chi connectivity index (χ2n) is 6.15. The monoisotopic (exact) mass is 433 g/mol. The standard InChI is InChI=1S/C20H14BrF2NOS/c21-12-8-7-11-3-1-6-17-14(13(11)9-12)10-18(26-17)20(25)24-19-15(22)4-2-5-16(19)23/h2,4-5,7-10H,1,3,6H2,(H,24,25). The van der Waals surface area contributed by atoms with Gasteiger partial charge in [-0.05, 0) is 66.3 Å². The van der Waals surface area contributed by atoms with Crippen molar-refractivity contribution < 1.29 is 13.6 Å². The lowest BCUT2D eigenvalue weighted by Gasteiger charge is -2.07. The Balaban J connectivity index is 1.71. The number of anilines is 1. The molecule has 1 amide bonds. The van der Waals surface area contributed by atoms with Crippen molar-refractivity contribution in [3.8, 4) is 11.1 Å². The van der Waals surface area contributed by atoms with E-state index in [0.717, 1.165) is 51.9 Å². The topological polar surface area (TPSA) is 29.1 Å². The molecular weight excluding hydrogens is 420 g/mol. The van der Waals surface area contributed by atoms with Crippen molar-refractivity contribution in [3.63, 3.8) is 0 Å². The maximum atomic E-state index is 13.8. The smallest absolute Gasteiger partial charge is 0.265 e. The Morgan fingerprint density at radius 3 is 2.58 bits per heavy atom. The summed E-state index contributed by atoms with van der Waals surface area (Å²) in [7, 11) is 0. The SMILES string of the molecule is O=C(Nc1c(F)cccc1F)c1cc2c(s1)CCCc1ccc(Br)cc1-2. The molecule has 2 aromatic carbocycles. The minimum absolute atomic E-state index is 0.413. The fourth-order valence-electron chi connectivity index (χ4n) is 3.20. The van der Waals surface area contributed by atoms with Gasteiger partial charge in [0.25, 0.3) is 5.91 Å². The van der Waals surface area contributed by atoms with E-state index >= 15 is 0 Å². The highest BCUT2D eigenvalue weighted by molar-refractivity contribution is 9.10. The van der Waals surface area contributed by atoms with E-state index in [9.17, 15) is 13.6 Å². The Hall–Kier alpha value is -2.05. The predicted octanol–water partition coefficient (Wildman–Crippen LogP) is 6.20. The molecule has 0 atom stereocenters. The van der Waals surface area contributed by atoms with Gasteiger partial charge >= 0.3 is 0 Å². The van der Waals surface area contributed by atoms with Crippen LogP contribution in [0.15, 0.2) is 46.9 Å². The van der Waals surface area contributed by atoms with Gasteiger partial charge in [-0.2, -0.15) is 0 Å². The Kier molecular flexibility index (Phi) is 4.63. The summed E-state index contributed by atoms with van der Waals surface area (Å²) in [6.45, 7) is 0. The van der Waals surface area contributed by atoms with Gasteiger partial charge in [0.1, 0.15) is 17.3 Å². The first kappa shape index (κ1) is 17.4. The minimum atomic E-state index is -0.786. The van der Waals surface area contributed by atoms with Crippen molar-refractivity contribution in [1.29, 1.82) is 0 Å². The van der Waals surface area contributed by atoms with Crippen LogP contribution in [0.25, 0.3) is 11.1 Å². The first-order valence-electron chi connectivity index (χ1n) is 8.20. The van der Waals surface area contributed by atoms with E-state index in [0.29, 0.717) is 4.88 Å². The Morgan fingerprint density at radius 1 is 1.04 bits per heavy atom. The van der Waals surface area contributed by atoms with Gasteiger partial charge in [0.15, 0.2) is 0 Å². The molecular formula is C20H14BrF2NOS. The number of carbonyl (C=O) groups is 1. The van der Waals surface area contributed by atoms with Crippen LogP contribution in [0.2, 0.25) is 0 Å². The summed E-state index contributed by atoms with van der Waals surface area (Å²) in [5.41, 5.74) is 2.98. The molecule has 0 saturated carbocycles. The quantitative estimate of drug-likeness (QED) is 0.512. The third kappa shape index (κ3) is 3.19. The fraction of sp³-hybridized carbons (Fsp3) is 0.150. The average molecular weight is 434 g/mol. The maximum absolute atomic E-state index is 13.8. The summed E-state index contributed by atoms with van der Waals surface area (Å²) in [4.78, 5) is 14.1. The van der Waals surface area contributed by atoms with Crippen molar-refractivity contribution in [1.82, 2.24) is 0 Å². The van der Waals surface area contributed by atoms with E-state index in [2.05, 4.69) is 33.4 Å². The number of nitrogens with one attached hydrogen (secondary N) is 1. The molecule has 4 rings (SSSR count). The van der Waals surface area contributed by atoms with Crippen LogP contribution in [0.3, 0.4) is 0 Å². The van der Waals surface area contributed by atoms with Gasteiger partial charge in [-0.15, -0.1) is 11.3 Å². The van der Waals surface area contributed by atoms with E-state index in [1.165, 1.54) is 23.0 Å². The van der Waals surface area contributed by atoms with E-state index in [-0.39, 0.29) is 0 Å². The summed E-state index contributed by atoms with van der Waals surface area (Å²) in [5.74, 6) is -2.07. The number of amides is 1. The molecule has 3 aromatic rings. The number of thiophene rings is 1. The van der Waals surface area contributed by atoms with E-state index < -0.39 is 23.2 Å². The van der Waals surface area contributed by atoms with Crippen molar-refractivity contribution in [2.45, 2.75) is 19.3 Å². The molecule has 0 spiro atoms. The molecule has 1 heterocycles. The molecule has 1 aromatic heterocycles. The van der Waals surface area contributed by atoms with Crippen LogP contribution in [0.5, 0.6) is 0 Å². The van der Waals surface area contributed by atoms with Crippen molar-refractivity contribution in [3.05, 3.63) is 73.9 Å². The van der Waals surface area contributed by atoms with Gasteiger partial charge in [0, 0.05) is 9.35 Å². The zero-order valence-corrected chi connectivity index (χ0v) is 16.0. The molecule has 6 heteroatoms. The van der Waals surface area contributed by atoms with Crippen LogP contribution in [0.1, 0.15) is 26.5 Å². The fourth-order valence-corrected chi connectivity index (χ4v) is 4.68. The molecule has 2 nitrogen and oxygen atoms in total. The first-order chi connectivity index (χ1) is 12.5. The number of hydrogen-bond acceptors (Lipinski definition) is 2. The molecule has 0 bridgehead atoms. The van der Waals surface area contributed by atoms with Gasteiger partial charge in [-0.25, -0.2) is 8.78 Å². The summed E-state index contributed by atoms with van der Waals surface area (Å²) in [6.07, 6.45) is 2.88. The van der Waals surface area contributed by atoms with Gasteiger partial charge in [0.05, 0.1) is 4.88 Å². The third-order valence-electron chi connectivity index (χ3n) is 4.45. The van der Waals surface area contributed by atoms with Gasteiger partial charge in [0.2, 0.25) is 0 Å². The van der Waals surface area contributed by atoms with Crippen molar-refractivity contribution in [2.24, 2.45) is 0 Å². The highest BCUT2D eigenvalue weighted by Crippen LogP contribution is 2.39. The van der Waals surface area contributed by atoms with E-state index in [1.54, 1.807) is 0 Å².